The lowest BCUT2D eigenvalue weighted by Gasteiger charge is -2.29. The largest absolute Gasteiger partial charge is 0.378 e. The van der Waals surface area contributed by atoms with Crippen LogP contribution in [0.1, 0.15) is 29.9 Å². The van der Waals surface area contributed by atoms with E-state index in [2.05, 4.69) is 72.6 Å². The van der Waals surface area contributed by atoms with Gasteiger partial charge in [-0.15, -0.1) is 0 Å². The molecule has 206 valence electrons. The average Bonchev–Trinajstić information content (AvgIpc) is 3.61. The van der Waals surface area contributed by atoms with Gasteiger partial charge in [-0.2, -0.15) is 0 Å². The minimum atomic E-state index is -0.167. The first-order valence-corrected chi connectivity index (χ1v) is 14.1. The quantitative estimate of drug-likeness (QED) is 0.224. The lowest BCUT2D eigenvalue weighted by molar-refractivity contribution is -0.116. The molecule has 1 fully saturated rings. The second-order valence-corrected chi connectivity index (χ2v) is 10.7. The van der Waals surface area contributed by atoms with Crippen molar-refractivity contribution in [1.82, 2.24) is 19.8 Å². The highest BCUT2D eigenvalue weighted by Crippen LogP contribution is 2.39. The van der Waals surface area contributed by atoms with E-state index in [1.807, 2.05) is 74.8 Å². The van der Waals surface area contributed by atoms with Crippen LogP contribution in [0.5, 0.6) is 0 Å². The molecule has 2 N–H and O–H groups in total. The van der Waals surface area contributed by atoms with E-state index in [4.69, 9.17) is 12.2 Å². The summed E-state index contributed by atoms with van der Waals surface area (Å²) in [5.41, 5.74) is 4.98. The Hall–Kier alpha value is -4.69. The third-order valence-electron chi connectivity index (χ3n) is 7.57. The number of hydrogen-bond donors (Lipinski definition) is 2. The van der Waals surface area contributed by atoms with E-state index in [-0.39, 0.29) is 24.4 Å². The standard InChI is InChI=1S/C33H32N6OS/c1-37(2)24-15-17-25(18-16-24)38-21-8-14-29(38)32-31(28-12-5-6-20-34-28)36-33(41)39(32)22-19-30(40)35-27-13-7-10-23-9-3-4-11-26(23)27/h3-18,20-21,31-32H,19,22H2,1-2H3,(H,35,40)(H,36,41)/t31-,32-/m1/s1. The van der Waals surface area contributed by atoms with Crippen LogP contribution in [0.2, 0.25) is 0 Å². The van der Waals surface area contributed by atoms with Crippen molar-refractivity contribution < 1.29 is 4.79 Å². The van der Waals surface area contributed by atoms with E-state index >= 15 is 0 Å². The van der Waals surface area contributed by atoms with Crippen molar-refractivity contribution in [3.8, 4) is 5.69 Å². The summed E-state index contributed by atoms with van der Waals surface area (Å²) in [5, 5.41) is 9.34. The van der Waals surface area contributed by atoms with Gasteiger partial charge < -0.3 is 25.0 Å². The van der Waals surface area contributed by atoms with Crippen LogP contribution < -0.4 is 15.5 Å². The van der Waals surface area contributed by atoms with Crippen molar-refractivity contribution in [2.75, 3.05) is 30.9 Å². The maximum absolute atomic E-state index is 13.2. The molecule has 0 radical (unpaired) electrons. The molecule has 3 aromatic carbocycles. The minimum Gasteiger partial charge on any atom is -0.378 e. The molecule has 5 aromatic rings. The van der Waals surface area contributed by atoms with E-state index in [0.29, 0.717) is 11.7 Å². The second kappa shape index (κ2) is 11.4. The van der Waals surface area contributed by atoms with Crippen molar-refractivity contribution in [1.29, 1.82) is 0 Å². The molecule has 6 rings (SSSR count). The Balaban J connectivity index is 1.28. The van der Waals surface area contributed by atoms with Crippen molar-refractivity contribution in [2.45, 2.75) is 18.5 Å². The topological polar surface area (TPSA) is 65.4 Å². The van der Waals surface area contributed by atoms with E-state index in [1.54, 1.807) is 6.20 Å². The first kappa shape index (κ1) is 26.5. The molecule has 2 atom stereocenters. The Kier molecular flexibility index (Phi) is 7.39. The number of amides is 1. The predicted molar refractivity (Wildman–Crippen MR) is 169 cm³/mol. The fraction of sp³-hybridized carbons (Fsp3) is 0.182. The molecule has 1 aliphatic rings. The van der Waals surface area contributed by atoms with Gasteiger partial charge in [0.1, 0.15) is 0 Å². The zero-order chi connectivity index (χ0) is 28.3. The first-order valence-electron chi connectivity index (χ1n) is 13.7. The summed E-state index contributed by atoms with van der Waals surface area (Å²) >= 11 is 5.86. The van der Waals surface area contributed by atoms with Crippen LogP contribution in [-0.2, 0) is 4.79 Å². The summed E-state index contributed by atoms with van der Waals surface area (Å²) in [6.07, 6.45) is 4.16. The molecule has 0 aliphatic carbocycles. The molecule has 2 aromatic heterocycles. The molecule has 0 spiro atoms. The normalized spacial score (nSPS) is 16.5. The number of pyridine rings is 1. The van der Waals surface area contributed by atoms with Crippen LogP contribution in [0.25, 0.3) is 16.5 Å². The van der Waals surface area contributed by atoms with Crippen molar-refractivity contribution in [3.05, 3.63) is 121 Å². The smallest absolute Gasteiger partial charge is 0.226 e. The van der Waals surface area contributed by atoms with Gasteiger partial charge in [-0.1, -0.05) is 42.5 Å². The number of carbonyl (C=O) groups excluding carboxylic acids is 1. The van der Waals surface area contributed by atoms with Crippen molar-refractivity contribution >= 4 is 45.4 Å². The SMILES string of the molecule is CN(C)c1ccc(-n2cccc2[C@@H]2[C@@H](c3ccccn3)NC(=S)N2CCC(=O)Nc2cccc3ccccc23)cc1. The van der Waals surface area contributed by atoms with Gasteiger partial charge in [0.15, 0.2) is 5.11 Å². The number of nitrogens with zero attached hydrogens (tertiary/aromatic N) is 4. The summed E-state index contributed by atoms with van der Waals surface area (Å²) in [4.78, 5) is 22.1. The number of anilines is 2. The van der Waals surface area contributed by atoms with E-state index in [1.165, 1.54) is 0 Å². The number of carbonyl (C=O) groups is 1. The monoisotopic (exact) mass is 560 g/mol. The average molecular weight is 561 g/mol. The van der Waals surface area contributed by atoms with Gasteiger partial charge >= 0.3 is 0 Å². The zero-order valence-corrected chi connectivity index (χ0v) is 23.9. The van der Waals surface area contributed by atoms with Gasteiger partial charge in [0.25, 0.3) is 0 Å². The molecule has 7 nitrogen and oxygen atoms in total. The Morgan fingerprint density at radius 1 is 0.951 bits per heavy atom. The maximum Gasteiger partial charge on any atom is 0.226 e. The molecule has 0 bridgehead atoms. The van der Waals surface area contributed by atoms with Crippen LogP contribution in [0.15, 0.2) is 109 Å². The van der Waals surface area contributed by atoms with Gasteiger partial charge in [-0.3, -0.25) is 9.78 Å². The fourth-order valence-electron chi connectivity index (χ4n) is 5.52. The molecule has 3 heterocycles. The highest BCUT2D eigenvalue weighted by atomic mass is 32.1. The number of fused-ring (bicyclic) bond motifs is 1. The van der Waals surface area contributed by atoms with E-state index in [9.17, 15) is 4.79 Å². The summed E-state index contributed by atoms with van der Waals surface area (Å²) in [7, 11) is 4.07. The van der Waals surface area contributed by atoms with Gasteiger partial charge in [0.05, 0.1) is 17.8 Å². The number of benzene rings is 3. The molecular weight excluding hydrogens is 528 g/mol. The first-order chi connectivity index (χ1) is 20.0. The molecule has 1 saturated heterocycles. The van der Waals surface area contributed by atoms with Crippen LogP contribution in [0.4, 0.5) is 11.4 Å². The Bertz CT molecular complexity index is 1680. The predicted octanol–water partition coefficient (Wildman–Crippen LogP) is 6.09. The third kappa shape index (κ3) is 5.38. The minimum absolute atomic E-state index is 0.0566. The molecule has 0 saturated carbocycles. The number of thiocarbonyl (C=S) groups is 1. The number of aromatic nitrogens is 2. The summed E-state index contributed by atoms with van der Waals surface area (Å²) in [6.45, 7) is 0.460. The van der Waals surface area contributed by atoms with Crippen molar-refractivity contribution in [2.24, 2.45) is 0 Å². The molecule has 1 aliphatic heterocycles. The van der Waals surface area contributed by atoms with Gasteiger partial charge in [0.2, 0.25) is 5.91 Å². The van der Waals surface area contributed by atoms with Gasteiger partial charge in [0, 0.05) is 67.6 Å². The fourth-order valence-corrected chi connectivity index (χ4v) is 5.85. The Morgan fingerprint density at radius 3 is 2.51 bits per heavy atom. The third-order valence-corrected chi connectivity index (χ3v) is 7.92. The van der Waals surface area contributed by atoms with E-state index < -0.39 is 0 Å². The Morgan fingerprint density at radius 2 is 1.73 bits per heavy atom. The maximum atomic E-state index is 13.2. The van der Waals surface area contributed by atoms with Crippen LogP contribution in [0, 0.1) is 0 Å². The molecule has 8 heteroatoms. The number of nitrogens with one attached hydrogen (secondary N) is 2. The summed E-state index contributed by atoms with van der Waals surface area (Å²) in [6, 6.07) is 32.2. The van der Waals surface area contributed by atoms with Crippen LogP contribution in [-0.4, -0.2) is 46.1 Å². The highest BCUT2D eigenvalue weighted by molar-refractivity contribution is 7.80. The summed E-state index contributed by atoms with van der Waals surface area (Å²) < 4.78 is 2.19. The van der Waals surface area contributed by atoms with Crippen LogP contribution in [0.3, 0.4) is 0 Å². The number of rotatable bonds is 8. The van der Waals surface area contributed by atoms with Crippen molar-refractivity contribution in [3.63, 3.8) is 0 Å². The lowest BCUT2D eigenvalue weighted by Crippen LogP contribution is -2.33. The van der Waals surface area contributed by atoms with E-state index in [0.717, 1.165) is 39.2 Å². The van der Waals surface area contributed by atoms with Gasteiger partial charge in [-0.25, -0.2) is 0 Å². The highest BCUT2D eigenvalue weighted by Gasteiger charge is 2.41. The zero-order valence-electron chi connectivity index (χ0n) is 23.1. The second-order valence-electron chi connectivity index (χ2n) is 10.4. The lowest BCUT2D eigenvalue weighted by atomic mass is 10.0. The molecule has 1 amide bonds. The molecule has 41 heavy (non-hydrogen) atoms. The molecular formula is C33H32N6OS. The summed E-state index contributed by atoms with van der Waals surface area (Å²) in [5.74, 6) is -0.0566. The van der Waals surface area contributed by atoms with Gasteiger partial charge in [-0.05, 0) is 72.2 Å². The Labute approximate surface area is 245 Å². The molecule has 0 unspecified atom stereocenters. The number of hydrogen-bond acceptors (Lipinski definition) is 4. The van der Waals surface area contributed by atoms with Crippen LogP contribution >= 0.6 is 12.2 Å².